The van der Waals surface area contributed by atoms with Crippen molar-refractivity contribution in [3.8, 4) is 0 Å². The maximum absolute atomic E-state index is 11.9. The van der Waals surface area contributed by atoms with E-state index in [1.165, 1.54) is 12.1 Å². The summed E-state index contributed by atoms with van der Waals surface area (Å²) in [6.45, 7) is 3.82. The SMILES string of the molecule is CC1(NC(=O)c2ccc(=O)[nH]n2)CCNCC1. The molecular formula is C11H16N4O2. The molecule has 6 heteroatoms. The molecule has 1 fully saturated rings. The minimum atomic E-state index is -0.311. The zero-order chi connectivity index (χ0) is 12.3. The highest BCUT2D eigenvalue weighted by atomic mass is 16.2. The van der Waals surface area contributed by atoms with Crippen LogP contribution in [0.3, 0.4) is 0 Å². The van der Waals surface area contributed by atoms with Gasteiger partial charge in [-0.25, -0.2) is 5.10 Å². The molecule has 1 aliphatic rings. The lowest BCUT2D eigenvalue weighted by Crippen LogP contribution is -2.52. The summed E-state index contributed by atoms with van der Waals surface area (Å²) in [5.74, 6) is -0.245. The van der Waals surface area contributed by atoms with E-state index in [1.807, 2.05) is 6.92 Å². The van der Waals surface area contributed by atoms with E-state index in [-0.39, 0.29) is 22.7 Å². The molecule has 2 heterocycles. The van der Waals surface area contributed by atoms with Gasteiger partial charge in [-0.15, -0.1) is 0 Å². The molecule has 1 saturated heterocycles. The Hall–Kier alpha value is -1.69. The van der Waals surface area contributed by atoms with Gasteiger partial charge in [-0.2, -0.15) is 5.10 Å². The molecular weight excluding hydrogens is 220 g/mol. The highest BCUT2D eigenvalue weighted by Gasteiger charge is 2.28. The van der Waals surface area contributed by atoms with Gasteiger partial charge in [0.2, 0.25) is 0 Å². The van der Waals surface area contributed by atoms with E-state index in [1.54, 1.807) is 0 Å². The molecule has 3 N–H and O–H groups in total. The molecule has 6 nitrogen and oxygen atoms in total. The Labute approximate surface area is 98.8 Å². The standard InChI is InChI=1S/C11H16N4O2/c1-11(4-6-12-7-5-11)13-10(17)8-2-3-9(16)15-14-8/h2-3,12H,4-7H2,1H3,(H,13,17)(H,15,16). The van der Waals surface area contributed by atoms with Crippen molar-refractivity contribution in [1.29, 1.82) is 0 Å². The normalized spacial score (nSPS) is 18.6. The van der Waals surface area contributed by atoms with Crippen LogP contribution in [0.1, 0.15) is 30.3 Å². The van der Waals surface area contributed by atoms with Gasteiger partial charge in [0.05, 0.1) is 0 Å². The third-order valence-electron chi connectivity index (χ3n) is 3.03. The summed E-state index contributed by atoms with van der Waals surface area (Å²) >= 11 is 0. The van der Waals surface area contributed by atoms with Crippen LogP contribution in [0.2, 0.25) is 0 Å². The first-order valence-corrected chi connectivity index (χ1v) is 5.68. The zero-order valence-corrected chi connectivity index (χ0v) is 9.75. The van der Waals surface area contributed by atoms with Crippen molar-refractivity contribution >= 4 is 5.91 Å². The second-order valence-corrected chi connectivity index (χ2v) is 4.57. The van der Waals surface area contributed by atoms with E-state index in [0.29, 0.717) is 0 Å². The fourth-order valence-electron chi connectivity index (χ4n) is 1.91. The first kappa shape index (κ1) is 11.8. The highest BCUT2D eigenvalue weighted by Crippen LogP contribution is 2.17. The minimum Gasteiger partial charge on any atom is -0.345 e. The number of nitrogens with one attached hydrogen (secondary N) is 3. The van der Waals surface area contributed by atoms with Crippen LogP contribution in [0.25, 0.3) is 0 Å². The molecule has 0 bridgehead atoms. The Kier molecular flexibility index (Phi) is 3.23. The van der Waals surface area contributed by atoms with Gasteiger partial charge in [0.1, 0.15) is 5.69 Å². The highest BCUT2D eigenvalue weighted by molar-refractivity contribution is 5.92. The number of H-pyrrole nitrogens is 1. The van der Waals surface area contributed by atoms with Crippen molar-refractivity contribution < 1.29 is 4.79 Å². The molecule has 17 heavy (non-hydrogen) atoms. The van der Waals surface area contributed by atoms with Gasteiger partial charge in [0.15, 0.2) is 0 Å². The average Bonchev–Trinajstić information content (AvgIpc) is 2.30. The third kappa shape index (κ3) is 2.91. The Morgan fingerprint density at radius 1 is 1.41 bits per heavy atom. The first-order chi connectivity index (χ1) is 8.09. The minimum absolute atomic E-state index is 0.194. The fourth-order valence-corrected chi connectivity index (χ4v) is 1.91. The smallest absolute Gasteiger partial charge is 0.272 e. The summed E-state index contributed by atoms with van der Waals surface area (Å²) < 4.78 is 0. The summed E-state index contributed by atoms with van der Waals surface area (Å²) in [7, 11) is 0. The first-order valence-electron chi connectivity index (χ1n) is 5.68. The Morgan fingerprint density at radius 2 is 2.12 bits per heavy atom. The van der Waals surface area contributed by atoms with Crippen molar-refractivity contribution in [2.45, 2.75) is 25.3 Å². The van der Waals surface area contributed by atoms with Crippen molar-refractivity contribution in [2.75, 3.05) is 13.1 Å². The number of hydrogen-bond acceptors (Lipinski definition) is 4. The van der Waals surface area contributed by atoms with Crippen LogP contribution < -0.4 is 16.2 Å². The molecule has 0 atom stereocenters. The van der Waals surface area contributed by atoms with Crippen molar-refractivity contribution in [3.63, 3.8) is 0 Å². The number of nitrogens with zero attached hydrogens (tertiary/aromatic N) is 1. The van der Waals surface area contributed by atoms with Gasteiger partial charge in [0.25, 0.3) is 11.5 Å². The lowest BCUT2D eigenvalue weighted by molar-refractivity contribution is 0.0881. The largest absolute Gasteiger partial charge is 0.345 e. The van der Waals surface area contributed by atoms with Gasteiger partial charge in [-0.1, -0.05) is 0 Å². The molecule has 1 aliphatic heterocycles. The van der Waals surface area contributed by atoms with Crippen LogP contribution in [0.15, 0.2) is 16.9 Å². The lowest BCUT2D eigenvalue weighted by Gasteiger charge is -2.34. The topological polar surface area (TPSA) is 86.9 Å². The molecule has 1 aromatic rings. The van der Waals surface area contributed by atoms with Gasteiger partial charge >= 0.3 is 0 Å². The number of carbonyl (C=O) groups is 1. The van der Waals surface area contributed by atoms with Crippen molar-refractivity contribution in [2.24, 2.45) is 0 Å². The molecule has 0 unspecified atom stereocenters. The molecule has 0 radical (unpaired) electrons. The Morgan fingerprint density at radius 3 is 2.71 bits per heavy atom. The Bertz CT molecular complexity index is 442. The fraction of sp³-hybridized carbons (Fsp3) is 0.545. The maximum atomic E-state index is 11.9. The summed E-state index contributed by atoms with van der Waals surface area (Å²) in [4.78, 5) is 22.8. The van der Waals surface area contributed by atoms with Crippen LogP contribution >= 0.6 is 0 Å². The van der Waals surface area contributed by atoms with Crippen LogP contribution in [0.4, 0.5) is 0 Å². The number of hydrogen-bond donors (Lipinski definition) is 3. The van der Waals surface area contributed by atoms with E-state index < -0.39 is 0 Å². The third-order valence-corrected chi connectivity index (χ3v) is 3.03. The van der Waals surface area contributed by atoms with E-state index in [9.17, 15) is 9.59 Å². The summed E-state index contributed by atoms with van der Waals surface area (Å²) in [6.07, 6.45) is 1.78. The number of aromatic amines is 1. The summed E-state index contributed by atoms with van der Waals surface area (Å²) in [5.41, 5.74) is -0.265. The number of amides is 1. The predicted octanol–water partition coefficient (Wildman–Crippen LogP) is -0.358. The summed E-state index contributed by atoms with van der Waals surface area (Å²) in [6, 6.07) is 2.73. The van der Waals surface area contributed by atoms with E-state index in [2.05, 4.69) is 20.8 Å². The van der Waals surface area contributed by atoms with Gasteiger partial charge < -0.3 is 10.6 Å². The van der Waals surface area contributed by atoms with E-state index >= 15 is 0 Å². The van der Waals surface area contributed by atoms with E-state index in [4.69, 9.17) is 0 Å². The molecule has 92 valence electrons. The molecule has 0 spiro atoms. The average molecular weight is 236 g/mol. The van der Waals surface area contributed by atoms with Crippen LogP contribution in [0.5, 0.6) is 0 Å². The second kappa shape index (κ2) is 4.67. The zero-order valence-electron chi connectivity index (χ0n) is 9.75. The summed E-state index contributed by atoms with van der Waals surface area (Å²) in [5, 5.41) is 12.2. The quantitative estimate of drug-likeness (QED) is 0.654. The van der Waals surface area contributed by atoms with E-state index in [0.717, 1.165) is 25.9 Å². The lowest BCUT2D eigenvalue weighted by atomic mass is 9.90. The predicted molar refractivity (Wildman–Crippen MR) is 62.8 cm³/mol. The Balaban J connectivity index is 2.05. The molecule has 0 aromatic carbocycles. The molecule has 2 rings (SSSR count). The van der Waals surface area contributed by atoms with Gasteiger partial charge in [-0.3, -0.25) is 9.59 Å². The molecule has 0 aliphatic carbocycles. The second-order valence-electron chi connectivity index (χ2n) is 4.57. The number of piperidine rings is 1. The van der Waals surface area contributed by atoms with Crippen LogP contribution in [-0.2, 0) is 0 Å². The number of rotatable bonds is 2. The number of aromatic nitrogens is 2. The van der Waals surface area contributed by atoms with Crippen LogP contribution in [0, 0.1) is 0 Å². The molecule has 0 saturated carbocycles. The molecule has 1 amide bonds. The monoisotopic (exact) mass is 236 g/mol. The van der Waals surface area contributed by atoms with Gasteiger partial charge in [-0.05, 0) is 38.9 Å². The van der Waals surface area contributed by atoms with Crippen molar-refractivity contribution in [3.05, 3.63) is 28.2 Å². The van der Waals surface area contributed by atoms with Crippen molar-refractivity contribution in [1.82, 2.24) is 20.8 Å². The van der Waals surface area contributed by atoms with Gasteiger partial charge in [0, 0.05) is 11.6 Å². The number of carbonyl (C=O) groups excluding carboxylic acids is 1. The van der Waals surface area contributed by atoms with Crippen LogP contribution in [-0.4, -0.2) is 34.7 Å². The molecule has 1 aromatic heterocycles. The maximum Gasteiger partial charge on any atom is 0.272 e.